The summed E-state index contributed by atoms with van der Waals surface area (Å²) in [4.78, 5) is 37.4. The van der Waals surface area contributed by atoms with Crippen molar-refractivity contribution in [2.24, 2.45) is 0 Å². The zero-order valence-corrected chi connectivity index (χ0v) is 35.0. The number of quaternary nitrogens is 1. The van der Waals surface area contributed by atoms with Crippen molar-refractivity contribution in [2.45, 2.75) is 173 Å². The lowest BCUT2D eigenvalue weighted by atomic mass is 10.1. The van der Waals surface area contributed by atoms with E-state index >= 15 is 0 Å². The van der Waals surface area contributed by atoms with E-state index in [0.717, 1.165) is 51.4 Å². The van der Waals surface area contributed by atoms with Crippen LogP contribution in [-0.4, -0.2) is 82.2 Å². The molecule has 0 N–H and O–H groups in total. The number of carbonyl (C=O) groups excluding carboxylic acids is 2. The number of rotatable bonds is 36. The van der Waals surface area contributed by atoms with Crippen LogP contribution in [0.2, 0.25) is 0 Å². The lowest BCUT2D eigenvalue weighted by molar-refractivity contribution is -0.870. The van der Waals surface area contributed by atoms with Crippen molar-refractivity contribution in [3.8, 4) is 0 Å². The number of hydrogen-bond donors (Lipinski definition) is 0. The van der Waals surface area contributed by atoms with Gasteiger partial charge in [0.1, 0.15) is 19.8 Å². The molecule has 1 saturated heterocycles. The van der Waals surface area contributed by atoms with E-state index < -0.39 is 32.5 Å². The maximum Gasteiger partial charge on any atom is 0.306 e. The lowest BCUT2D eigenvalue weighted by Gasteiger charge is -2.28. The van der Waals surface area contributed by atoms with E-state index in [1.165, 1.54) is 64.2 Å². The zero-order valence-electron chi connectivity index (χ0n) is 34.1. The molecule has 0 spiro atoms. The van der Waals surface area contributed by atoms with Gasteiger partial charge >= 0.3 is 11.9 Å². The summed E-state index contributed by atoms with van der Waals surface area (Å²) < 4.78 is 39.5. The van der Waals surface area contributed by atoms with E-state index in [1.54, 1.807) is 0 Å². The summed E-state index contributed by atoms with van der Waals surface area (Å²) in [6.45, 7) is 4.10. The van der Waals surface area contributed by atoms with Gasteiger partial charge in [-0.25, -0.2) is 0 Å². The number of ether oxygens (including phenoxy) is 3. The van der Waals surface area contributed by atoms with Crippen LogP contribution in [0.5, 0.6) is 0 Å². The molecule has 0 radical (unpaired) electrons. The maximum atomic E-state index is 12.6. The van der Waals surface area contributed by atoms with Crippen molar-refractivity contribution in [3.63, 3.8) is 0 Å². The van der Waals surface area contributed by atoms with Crippen LogP contribution in [0.4, 0.5) is 0 Å². The van der Waals surface area contributed by atoms with Crippen molar-refractivity contribution >= 4 is 19.8 Å². The van der Waals surface area contributed by atoms with Crippen LogP contribution in [-0.2, 0) is 37.4 Å². The summed E-state index contributed by atoms with van der Waals surface area (Å²) >= 11 is 0. The highest BCUT2D eigenvalue weighted by molar-refractivity contribution is 7.45. The first-order valence-corrected chi connectivity index (χ1v) is 22.3. The first-order chi connectivity index (χ1) is 25.5. The molecule has 0 aromatic rings. The van der Waals surface area contributed by atoms with Crippen molar-refractivity contribution in [1.82, 2.24) is 0 Å². The van der Waals surface area contributed by atoms with Gasteiger partial charge in [-0.05, 0) is 51.4 Å². The fraction of sp³-hybridized carbons (Fsp3) is 0.810. The number of unbranched alkanes of at least 4 members (excludes halogenated alkanes) is 14. The summed E-state index contributed by atoms with van der Waals surface area (Å²) in [6.07, 6.45) is 34.9. The van der Waals surface area contributed by atoms with Crippen LogP contribution in [0.1, 0.15) is 155 Å². The van der Waals surface area contributed by atoms with Crippen molar-refractivity contribution in [3.05, 3.63) is 36.5 Å². The van der Waals surface area contributed by atoms with Crippen LogP contribution in [0, 0.1) is 0 Å². The predicted octanol–water partition coefficient (Wildman–Crippen LogP) is 9.71. The maximum absolute atomic E-state index is 12.6. The SMILES string of the molecule is CCCCC/C=C\CC1OC1C/C=C\C/C=C\CCCC(=O)OC[C@H](COP(=O)([O-])OCC[N+](C)(C)C)OC(=O)CCCCCCCCCCCCC. The van der Waals surface area contributed by atoms with E-state index in [0.29, 0.717) is 36.1 Å². The Bertz CT molecular complexity index is 1070. The zero-order chi connectivity index (χ0) is 39.0. The van der Waals surface area contributed by atoms with Gasteiger partial charge in [-0.3, -0.25) is 14.2 Å². The van der Waals surface area contributed by atoms with Gasteiger partial charge in [-0.2, -0.15) is 0 Å². The quantitative estimate of drug-likeness (QED) is 0.0153. The molecule has 3 unspecified atom stereocenters. The van der Waals surface area contributed by atoms with E-state index in [2.05, 4.69) is 50.3 Å². The molecule has 1 fully saturated rings. The Morgan fingerprint density at radius 3 is 1.85 bits per heavy atom. The third-order valence-electron chi connectivity index (χ3n) is 9.07. The molecule has 0 bridgehead atoms. The third kappa shape index (κ3) is 32.2. The molecule has 53 heavy (non-hydrogen) atoms. The van der Waals surface area contributed by atoms with Gasteiger partial charge in [0.15, 0.2) is 6.10 Å². The number of nitrogens with zero attached hydrogens (tertiary/aromatic N) is 1. The molecule has 1 aliphatic rings. The molecule has 1 rings (SSSR count). The average molecular weight is 770 g/mol. The van der Waals surface area contributed by atoms with Crippen molar-refractivity contribution in [2.75, 3.05) is 47.5 Å². The molecular weight excluding hydrogens is 693 g/mol. The van der Waals surface area contributed by atoms with Crippen LogP contribution in [0.25, 0.3) is 0 Å². The number of phosphoric ester groups is 1. The second-order valence-corrected chi connectivity index (χ2v) is 16.8. The average Bonchev–Trinajstić information content (AvgIpc) is 3.86. The van der Waals surface area contributed by atoms with Gasteiger partial charge in [0, 0.05) is 12.8 Å². The number of likely N-dealkylation sites (N-methyl/N-ethyl adjacent to an activating group) is 1. The Morgan fingerprint density at radius 1 is 0.679 bits per heavy atom. The molecule has 1 heterocycles. The van der Waals surface area contributed by atoms with Gasteiger partial charge in [0.05, 0.1) is 40.0 Å². The van der Waals surface area contributed by atoms with E-state index in [1.807, 2.05) is 21.1 Å². The molecule has 0 aromatic carbocycles. The van der Waals surface area contributed by atoms with E-state index in [4.69, 9.17) is 23.3 Å². The van der Waals surface area contributed by atoms with E-state index in [9.17, 15) is 19.0 Å². The molecule has 0 aliphatic carbocycles. The number of epoxide rings is 1. The summed E-state index contributed by atoms with van der Waals surface area (Å²) in [5.74, 6) is -0.907. The van der Waals surface area contributed by atoms with E-state index in [-0.39, 0.29) is 26.1 Å². The molecule has 4 atom stereocenters. The molecule has 11 heteroatoms. The Labute approximate surface area is 323 Å². The number of phosphoric acid groups is 1. The molecular formula is C42H76NO9P. The topological polar surface area (TPSA) is 124 Å². The number of esters is 2. The summed E-state index contributed by atoms with van der Waals surface area (Å²) in [5, 5.41) is 0. The van der Waals surface area contributed by atoms with Gasteiger partial charge < -0.3 is 32.6 Å². The van der Waals surface area contributed by atoms with Crippen LogP contribution in [0.15, 0.2) is 36.5 Å². The normalized spacial score (nSPS) is 17.8. The molecule has 10 nitrogen and oxygen atoms in total. The first kappa shape index (κ1) is 49.2. The van der Waals surface area contributed by atoms with Crippen LogP contribution >= 0.6 is 7.82 Å². The number of allylic oxidation sites excluding steroid dienone is 4. The summed E-state index contributed by atoms with van der Waals surface area (Å²) in [7, 11) is 1.13. The molecule has 0 aromatic heterocycles. The molecule has 1 aliphatic heterocycles. The summed E-state index contributed by atoms with van der Waals surface area (Å²) in [5.41, 5.74) is 0. The second-order valence-electron chi connectivity index (χ2n) is 15.4. The van der Waals surface area contributed by atoms with Gasteiger partial charge in [-0.15, -0.1) is 0 Å². The number of carbonyl (C=O) groups is 2. The van der Waals surface area contributed by atoms with Crippen LogP contribution in [0.3, 0.4) is 0 Å². The van der Waals surface area contributed by atoms with Crippen molar-refractivity contribution in [1.29, 1.82) is 0 Å². The van der Waals surface area contributed by atoms with Gasteiger partial charge in [0.2, 0.25) is 0 Å². The smallest absolute Gasteiger partial charge is 0.306 e. The standard InChI is InChI=1S/C42H76NO9P/c1-6-8-10-12-14-15-16-17-20-25-29-33-42(45)51-38(37-50-53(46,47)49-35-34-43(3,4)5)36-48-41(44)32-28-24-21-18-19-23-27-31-40-39(52-40)30-26-22-13-11-9-7-2/h18,21-23,26-27,38-40H,6-17,19-20,24-25,28-37H2,1-5H3/b21-18-,26-22-,27-23-/t38-,39?,40?/m1/s1. The fourth-order valence-electron chi connectivity index (χ4n) is 5.63. The summed E-state index contributed by atoms with van der Waals surface area (Å²) in [6, 6.07) is 0. The highest BCUT2D eigenvalue weighted by Gasteiger charge is 2.36. The minimum absolute atomic E-state index is 0.0412. The predicted molar refractivity (Wildman–Crippen MR) is 212 cm³/mol. The van der Waals surface area contributed by atoms with Gasteiger partial charge in [-0.1, -0.05) is 127 Å². The minimum Gasteiger partial charge on any atom is -0.756 e. The highest BCUT2D eigenvalue weighted by Crippen LogP contribution is 2.38. The lowest BCUT2D eigenvalue weighted by Crippen LogP contribution is -2.37. The second kappa shape index (κ2) is 31.4. The van der Waals surface area contributed by atoms with Gasteiger partial charge in [0.25, 0.3) is 7.82 Å². The first-order valence-electron chi connectivity index (χ1n) is 20.8. The number of hydrogen-bond acceptors (Lipinski definition) is 9. The minimum atomic E-state index is -4.63. The third-order valence-corrected chi connectivity index (χ3v) is 10.0. The largest absolute Gasteiger partial charge is 0.756 e. The fourth-order valence-corrected chi connectivity index (χ4v) is 6.36. The molecule has 0 amide bonds. The van der Waals surface area contributed by atoms with Crippen molar-refractivity contribution < 1.29 is 46.8 Å². The Balaban J connectivity index is 2.33. The highest BCUT2D eigenvalue weighted by atomic mass is 31.2. The van der Waals surface area contributed by atoms with Crippen LogP contribution < -0.4 is 4.89 Å². The Kier molecular flexibility index (Phi) is 29.2. The Hall–Kier alpha value is -1.81. The molecule has 308 valence electrons. The Morgan fingerprint density at radius 2 is 1.21 bits per heavy atom. The monoisotopic (exact) mass is 770 g/mol. The molecule has 0 saturated carbocycles.